The highest BCUT2D eigenvalue weighted by atomic mass is 16.2. The summed E-state index contributed by atoms with van der Waals surface area (Å²) in [5, 5.41) is 4.00. The summed E-state index contributed by atoms with van der Waals surface area (Å²) in [5.41, 5.74) is 0.696. The van der Waals surface area contributed by atoms with Crippen LogP contribution in [0.25, 0.3) is 0 Å². The maximum absolute atomic E-state index is 11.9. The second kappa shape index (κ2) is 3.44. The van der Waals surface area contributed by atoms with Crippen molar-refractivity contribution < 1.29 is 4.79 Å². The van der Waals surface area contributed by atoms with Gasteiger partial charge in [0.15, 0.2) is 0 Å². The van der Waals surface area contributed by atoms with Crippen LogP contribution in [0.4, 0.5) is 0 Å². The van der Waals surface area contributed by atoms with Crippen molar-refractivity contribution >= 4 is 5.91 Å². The molecule has 0 radical (unpaired) electrons. The maximum atomic E-state index is 11.9. The Hall–Kier alpha value is -1.32. The van der Waals surface area contributed by atoms with Gasteiger partial charge in [0.1, 0.15) is 0 Å². The number of aromatic nitrogens is 2. The van der Waals surface area contributed by atoms with Gasteiger partial charge in [0.05, 0.1) is 11.8 Å². The van der Waals surface area contributed by atoms with Crippen LogP contribution < -0.4 is 0 Å². The highest BCUT2D eigenvalue weighted by molar-refractivity contribution is 5.93. The molecule has 2 heterocycles. The van der Waals surface area contributed by atoms with Crippen LogP contribution in [0.15, 0.2) is 12.4 Å². The second-order valence-electron chi connectivity index (χ2n) is 4.05. The van der Waals surface area contributed by atoms with E-state index in [2.05, 4.69) is 12.0 Å². The lowest BCUT2D eigenvalue weighted by Gasteiger charge is -2.14. The van der Waals surface area contributed by atoms with Crippen molar-refractivity contribution in [2.75, 3.05) is 13.1 Å². The quantitative estimate of drug-likeness (QED) is 0.664. The van der Waals surface area contributed by atoms with Gasteiger partial charge in [0.25, 0.3) is 5.91 Å². The molecule has 2 rings (SSSR count). The van der Waals surface area contributed by atoms with E-state index in [9.17, 15) is 4.79 Å². The van der Waals surface area contributed by atoms with E-state index in [0.29, 0.717) is 11.5 Å². The van der Waals surface area contributed by atoms with Gasteiger partial charge in [-0.25, -0.2) is 0 Å². The first kappa shape index (κ1) is 9.24. The molecule has 1 aromatic heterocycles. The predicted octanol–water partition coefficient (Wildman–Crippen LogP) is 0.902. The topological polar surface area (TPSA) is 38.1 Å². The van der Waals surface area contributed by atoms with Crippen molar-refractivity contribution in [1.29, 1.82) is 0 Å². The van der Waals surface area contributed by atoms with Gasteiger partial charge in [-0.15, -0.1) is 0 Å². The van der Waals surface area contributed by atoms with E-state index in [1.54, 1.807) is 17.1 Å². The molecular weight excluding hydrogens is 178 g/mol. The van der Waals surface area contributed by atoms with Gasteiger partial charge in [-0.05, 0) is 12.3 Å². The molecule has 0 spiro atoms. The summed E-state index contributed by atoms with van der Waals surface area (Å²) in [6.45, 7) is 3.94. The summed E-state index contributed by atoms with van der Waals surface area (Å²) >= 11 is 0. The molecule has 4 heteroatoms. The number of carbonyl (C=O) groups is 1. The normalized spacial score (nSPS) is 21.6. The molecule has 1 aliphatic rings. The number of rotatable bonds is 1. The fraction of sp³-hybridized carbons (Fsp3) is 0.600. The first-order chi connectivity index (χ1) is 6.66. The molecule has 0 N–H and O–H groups in total. The molecule has 1 amide bonds. The van der Waals surface area contributed by atoms with Gasteiger partial charge >= 0.3 is 0 Å². The molecule has 0 aliphatic carbocycles. The monoisotopic (exact) mass is 193 g/mol. The van der Waals surface area contributed by atoms with Crippen LogP contribution in [0, 0.1) is 5.92 Å². The molecule has 14 heavy (non-hydrogen) atoms. The SMILES string of the molecule is CC1CCN(C(=O)c2cnn(C)c2)C1. The van der Waals surface area contributed by atoms with Gasteiger partial charge < -0.3 is 4.90 Å². The third kappa shape index (κ3) is 1.64. The van der Waals surface area contributed by atoms with E-state index in [1.165, 1.54) is 0 Å². The molecule has 76 valence electrons. The Morgan fingerprint density at radius 2 is 2.43 bits per heavy atom. The first-order valence-electron chi connectivity index (χ1n) is 4.94. The van der Waals surface area contributed by atoms with Crippen molar-refractivity contribution in [3.63, 3.8) is 0 Å². The highest BCUT2D eigenvalue weighted by Crippen LogP contribution is 2.17. The zero-order chi connectivity index (χ0) is 10.1. The first-order valence-corrected chi connectivity index (χ1v) is 4.94. The number of likely N-dealkylation sites (tertiary alicyclic amines) is 1. The van der Waals surface area contributed by atoms with Crippen molar-refractivity contribution in [2.45, 2.75) is 13.3 Å². The minimum absolute atomic E-state index is 0.113. The van der Waals surface area contributed by atoms with Crippen LogP contribution in [0.3, 0.4) is 0 Å². The van der Waals surface area contributed by atoms with Gasteiger partial charge in [0, 0.05) is 26.3 Å². The van der Waals surface area contributed by atoms with Crippen molar-refractivity contribution in [3.05, 3.63) is 18.0 Å². The molecule has 1 atom stereocenters. The minimum atomic E-state index is 0.113. The average molecular weight is 193 g/mol. The van der Waals surface area contributed by atoms with Crippen LogP contribution in [0.1, 0.15) is 23.7 Å². The Balaban J connectivity index is 2.09. The Morgan fingerprint density at radius 3 is 2.93 bits per heavy atom. The maximum Gasteiger partial charge on any atom is 0.257 e. The lowest BCUT2D eigenvalue weighted by atomic mass is 10.2. The number of aryl methyl sites for hydroxylation is 1. The summed E-state index contributed by atoms with van der Waals surface area (Å²) in [5.74, 6) is 0.748. The van der Waals surface area contributed by atoms with E-state index in [1.807, 2.05) is 11.9 Å². The average Bonchev–Trinajstić information content (AvgIpc) is 2.73. The van der Waals surface area contributed by atoms with Crippen molar-refractivity contribution in [2.24, 2.45) is 13.0 Å². The summed E-state index contributed by atoms with van der Waals surface area (Å²) in [6, 6.07) is 0. The molecule has 1 unspecified atom stereocenters. The molecule has 1 aromatic rings. The van der Waals surface area contributed by atoms with E-state index >= 15 is 0 Å². The Labute approximate surface area is 83.5 Å². The zero-order valence-electron chi connectivity index (χ0n) is 8.60. The van der Waals surface area contributed by atoms with Gasteiger partial charge in [-0.3, -0.25) is 9.48 Å². The number of carbonyl (C=O) groups excluding carboxylic acids is 1. The number of amides is 1. The van der Waals surface area contributed by atoms with Gasteiger partial charge in [-0.1, -0.05) is 6.92 Å². The Bertz CT molecular complexity index is 345. The molecule has 1 saturated heterocycles. The lowest BCUT2D eigenvalue weighted by molar-refractivity contribution is 0.0788. The van der Waals surface area contributed by atoms with Crippen molar-refractivity contribution in [3.8, 4) is 0 Å². The van der Waals surface area contributed by atoms with E-state index in [4.69, 9.17) is 0 Å². The molecule has 4 nitrogen and oxygen atoms in total. The summed E-state index contributed by atoms with van der Waals surface area (Å²) in [7, 11) is 1.82. The number of hydrogen-bond donors (Lipinski definition) is 0. The third-order valence-corrected chi connectivity index (χ3v) is 2.66. The van der Waals surface area contributed by atoms with Crippen LogP contribution in [-0.4, -0.2) is 33.7 Å². The zero-order valence-corrected chi connectivity index (χ0v) is 8.60. The molecule has 0 saturated carbocycles. The van der Waals surface area contributed by atoms with Crippen LogP contribution >= 0.6 is 0 Å². The smallest absolute Gasteiger partial charge is 0.257 e. The predicted molar refractivity (Wildman–Crippen MR) is 52.9 cm³/mol. The fourth-order valence-corrected chi connectivity index (χ4v) is 1.83. The molecular formula is C10H15N3O. The summed E-state index contributed by atoms with van der Waals surface area (Å²) in [4.78, 5) is 13.8. The molecule has 0 aromatic carbocycles. The fourth-order valence-electron chi connectivity index (χ4n) is 1.83. The lowest BCUT2D eigenvalue weighted by Crippen LogP contribution is -2.28. The minimum Gasteiger partial charge on any atom is -0.338 e. The van der Waals surface area contributed by atoms with E-state index < -0.39 is 0 Å². The highest BCUT2D eigenvalue weighted by Gasteiger charge is 2.24. The number of hydrogen-bond acceptors (Lipinski definition) is 2. The van der Waals surface area contributed by atoms with E-state index in [-0.39, 0.29) is 5.91 Å². The molecule has 0 bridgehead atoms. The number of nitrogens with zero attached hydrogens (tertiary/aromatic N) is 3. The summed E-state index contributed by atoms with van der Waals surface area (Å²) in [6.07, 6.45) is 4.52. The largest absolute Gasteiger partial charge is 0.338 e. The van der Waals surface area contributed by atoms with Crippen molar-refractivity contribution in [1.82, 2.24) is 14.7 Å². The Morgan fingerprint density at radius 1 is 1.64 bits per heavy atom. The molecule has 1 fully saturated rings. The standard InChI is InChI=1S/C10H15N3O/c1-8-3-4-13(6-8)10(14)9-5-11-12(2)7-9/h5,7-8H,3-4,6H2,1-2H3. The van der Waals surface area contributed by atoms with Gasteiger partial charge in [0.2, 0.25) is 0 Å². The third-order valence-electron chi connectivity index (χ3n) is 2.66. The van der Waals surface area contributed by atoms with E-state index in [0.717, 1.165) is 19.5 Å². The summed E-state index contributed by atoms with van der Waals surface area (Å²) < 4.78 is 1.66. The van der Waals surface area contributed by atoms with Gasteiger partial charge in [-0.2, -0.15) is 5.10 Å². The molecule has 1 aliphatic heterocycles. The van der Waals surface area contributed by atoms with Crippen LogP contribution in [0.2, 0.25) is 0 Å². The second-order valence-corrected chi connectivity index (χ2v) is 4.05. The Kier molecular flexibility index (Phi) is 2.27. The van der Waals surface area contributed by atoms with Crippen LogP contribution in [-0.2, 0) is 7.05 Å². The van der Waals surface area contributed by atoms with Crippen LogP contribution in [0.5, 0.6) is 0 Å².